The van der Waals surface area contributed by atoms with E-state index in [2.05, 4.69) is 218 Å². The molecule has 0 bridgehead atoms. The highest BCUT2D eigenvalue weighted by Gasteiger charge is 2.30. The van der Waals surface area contributed by atoms with Crippen LogP contribution in [0.5, 0.6) is 0 Å². The molecule has 12 rings (SSSR count). The number of para-hydroxylation sites is 1. The molecular weight excluding hydrogens is 711 g/mol. The Bertz CT molecular complexity index is 3410. The molecule has 1 nitrogen and oxygen atoms in total. The average molecular weight is 752 g/mol. The van der Waals surface area contributed by atoms with Crippen LogP contribution < -0.4 is 0 Å². The maximum absolute atomic E-state index is 2.51. The summed E-state index contributed by atoms with van der Waals surface area (Å²) in [4.78, 5) is 0. The van der Waals surface area contributed by atoms with Gasteiger partial charge in [-0.15, -0.1) is 0 Å². The summed E-state index contributed by atoms with van der Waals surface area (Å²) in [6.07, 6.45) is 1.01. The zero-order chi connectivity index (χ0) is 39.0. The lowest BCUT2D eigenvalue weighted by atomic mass is 9.78. The first-order valence-electron chi connectivity index (χ1n) is 20.9. The fraction of sp³-hybridized carbons (Fsp3) is 0.0690. The molecule has 1 aliphatic rings. The third-order valence-electron chi connectivity index (χ3n) is 13.2. The molecule has 0 saturated carbocycles. The van der Waals surface area contributed by atoms with Gasteiger partial charge in [-0.2, -0.15) is 0 Å². The first-order chi connectivity index (χ1) is 29.2. The smallest absolute Gasteiger partial charge is 0.0541 e. The predicted molar refractivity (Wildman–Crippen MR) is 251 cm³/mol. The number of rotatable bonds is 4. The van der Waals surface area contributed by atoms with Crippen LogP contribution in [0.2, 0.25) is 0 Å². The minimum absolute atomic E-state index is 0.263. The van der Waals surface area contributed by atoms with Crippen molar-refractivity contribution < 1.29 is 0 Å². The van der Waals surface area contributed by atoms with Gasteiger partial charge in [0, 0.05) is 22.4 Å². The Hall–Kier alpha value is -7.22. The van der Waals surface area contributed by atoms with Crippen LogP contribution in [-0.2, 0) is 6.42 Å². The van der Waals surface area contributed by atoms with Gasteiger partial charge in [0.05, 0.1) is 11.0 Å². The summed E-state index contributed by atoms with van der Waals surface area (Å²) in [7, 11) is 0. The molecule has 1 unspecified atom stereocenters. The number of nitrogens with zero attached hydrogens (tertiary/aromatic N) is 1. The van der Waals surface area contributed by atoms with Crippen molar-refractivity contribution in [2.45, 2.75) is 19.3 Å². The second-order valence-corrected chi connectivity index (χ2v) is 16.5. The molecule has 1 heterocycles. The van der Waals surface area contributed by atoms with Crippen molar-refractivity contribution >= 4 is 54.1 Å². The molecule has 0 spiro atoms. The van der Waals surface area contributed by atoms with Gasteiger partial charge in [-0.1, -0.05) is 171 Å². The molecule has 0 fully saturated rings. The molecule has 278 valence electrons. The number of hydrogen-bond acceptors (Lipinski definition) is 0. The predicted octanol–water partition coefficient (Wildman–Crippen LogP) is 15.6. The van der Waals surface area contributed by atoms with Crippen LogP contribution in [0, 0.1) is 5.92 Å². The summed E-state index contributed by atoms with van der Waals surface area (Å²) in [5.41, 5.74) is 15.5. The van der Waals surface area contributed by atoms with E-state index in [0.717, 1.165) is 6.42 Å². The van der Waals surface area contributed by atoms with E-state index < -0.39 is 0 Å². The van der Waals surface area contributed by atoms with Gasteiger partial charge < -0.3 is 4.57 Å². The van der Waals surface area contributed by atoms with E-state index in [9.17, 15) is 0 Å². The number of benzene rings is 10. The van der Waals surface area contributed by atoms with E-state index in [1.54, 1.807) is 0 Å². The number of fused-ring (bicyclic) bond motifs is 12. The summed E-state index contributed by atoms with van der Waals surface area (Å²) < 4.78 is 2.42. The van der Waals surface area contributed by atoms with Gasteiger partial charge in [0.15, 0.2) is 0 Å². The second kappa shape index (κ2) is 13.4. The molecular formula is C58H41N. The maximum atomic E-state index is 2.51. The molecule has 1 aromatic heterocycles. The Morgan fingerprint density at radius 1 is 0.373 bits per heavy atom. The van der Waals surface area contributed by atoms with Crippen molar-refractivity contribution in [2.24, 2.45) is 5.92 Å². The van der Waals surface area contributed by atoms with Crippen molar-refractivity contribution in [1.82, 2.24) is 4.57 Å². The third kappa shape index (κ3) is 5.39. The van der Waals surface area contributed by atoms with Gasteiger partial charge in [-0.05, 0) is 137 Å². The largest absolute Gasteiger partial charge is 0.309 e. The monoisotopic (exact) mass is 751 g/mol. The Kier molecular flexibility index (Phi) is 7.71. The van der Waals surface area contributed by atoms with Gasteiger partial charge in [-0.3, -0.25) is 0 Å². The molecule has 1 heteroatoms. The average Bonchev–Trinajstić information content (AvgIpc) is 3.57. The van der Waals surface area contributed by atoms with Crippen LogP contribution in [0.15, 0.2) is 206 Å². The zero-order valence-electron chi connectivity index (χ0n) is 32.9. The van der Waals surface area contributed by atoms with Crippen LogP contribution in [0.3, 0.4) is 0 Å². The maximum Gasteiger partial charge on any atom is 0.0541 e. The summed E-state index contributed by atoms with van der Waals surface area (Å²) in [5, 5.41) is 10.5. The number of hydrogen-bond donors (Lipinski definition) is 0. The standard InChI is InChI=1S/C58H41N/c1-37-32-42-27-26-40(41-29-31-57-55(35-41)51-23-11-12-25-56(51)59(57)44-17-13-16-39(33-44)38-14-3-2-4-15-38)34-53(42)49-22-9-10-24-52(49)58(37)43-28-30-50-47-20-6-5-18-45(47)46-19-7-8-21-48(46)54(50)36-43/h2-31,33-37,58H,32H2,1H3/t37-,58?/m0/s1. The molecule has 0 aliphatic heterocycles. The van der Waals surface area contributed by atoms with E-state index in [0.29, 0.717) is 5.92 Å². The van der Waals surface area contributed by atoms with Gasteiger partial charge in [0.2, 0.25) is 0 Å². The van der Waals surface area contributed by atoms with Crippen LogP contribution in [0.25, 0.3) is 93.2 Å². The van der Waals surface area contributed by atoms with Crippen LogP contribution in [0.1, 0.15) is 29.5 Å². The summed E-state index contributed by atoms with van der Waals surface area (Å²) in [5.74, 6) is 0.676. The minimum Gasteiger partial charge on any atom is -0.309 e. The summed E-state index contributed by atoms with van der Waals surface area (Å²) in [6.45, 7) is 2.45. The molecule has 0 amide bonds. The summed E-state index contributed by atoms with van der Waals surface area (Å²) >= 11 is 0. The SMILES string of the molecule is C[C@H]1Cc2ccc(-c3ccc4c(c3)c3ccccc3n4-c3cccc(-c4ccccc4)c3)cc2-c2ccccc2C1c1ccc2c3ccccc3c3ccccc3c2c1. The van der Waals surface area contributed by atoms with Crippen molar-refractivity contribution in [3.05, 3.63) is 223 Å². The van der Waals surface area contributed by atoms with Crippen molar-refractivity contribution in [1.29, 1.82) is 0 Å². The first kappa shape index (κ1) is 33.9. The molecule has 59 heavy (non-hydrogen) atoms. The van der Waals surface area contributed by atoms with Crippen molar-refractivity contribution in [2.75, 3.05) is 0 Å². The minimum atomic E-state index is 0.263. The fourth-order valence-electron chi connectivity index (χ4n) is 10.5. The zero-order valence-corrected chi connectivity index (χ0v) is 32.9. The van der Waals surface area contributed by atoms with Crippen LogP contribution >= 0.6 is 0 Å². The summed E-state index contributed by atoms with van der Waals surface area (Å²) in [6, 6.07) is 77.0. The van der Waals surface area contributed by atoms with E-state index in [4.69, 9.17) is 0 Å². The van der Waals surface area contributed by atoms with E-state index >= 15 is 0 Å². The molecule has 0 N–H and O–H groups in total. The highest BCUT2D eigenvalue weighted by Crippen LogP contribution is 2.47. The molecule has 2 atom stereocenters. The van der Waals surface area contributed by atoms with Gasteiger partial charge >= 0.3 is 0 Å². The van der Waals surface area contributed by atoms with Crippen molar-refractivity contribution in [3.63, 3.8) is 0 Å². The fourth-order valence-corrected chi connectivity index (χ4v) is 10.5. The third-order valence-corrected chi connectivity index (χ3v) is 13.2. The van der Waals surface area contributed by atoms with E-state index in [1.165, 1.54) is 110 Å². The Morgan fingerprint density at radius 2 is 0.966 bits per heavy atom. The molecule has 0 radical (unpaired) electrons. The van der Waals surface area contributed by atoms with E-state index in [1.807, 2.05) is 0 Å². The van der Waals surface area contributed by atoms with Crippen LogP contribution in [0.4, 0.5) is 0 Å². The van der Waals surface area contributed by atoms with E-state index in [-0.39, 0.29) is 5.92 Å². The lowest BCUT2D eigenvalue weighted by Gasteiger charge is -2.25. The molecule has 0 saturated heterocycles. The Balaban J connectivity index is 0.977. The highest BCUT2D eigenvalue weighted by molar-refractivity contribution is 6.25. The second-order valence-electron chi connectivity index (χ2n) is 16.5. The normalized spacial score (nSPS) is 15.1. The molecule has 1 aliphatic carbocycles. The molecule has 11 aromatic rings. The van der Waals surface area contributed by atoms with Gasteiger partial charge in [0.1, 0.15) is 0 Å². The lowest BCUT2D eigenvalue weighted by Crippen LogP contribution is -2.13. The van der Waals surface area contributed by atoms with Gasteiger partial charge in [0.25, 0.3) is 0 Å². The topological polar surface area (TPSA) is 4.93 Å². The van der Waals surface area contributed by atoms with Gasteiger partial charge in [-0.25, -0.2) is 0 Å². The van der Waals surface area contributed by atoms with Crippen LogP contribution in [-0.4, -0.2) is 4.57 Å². The van der Waals surface area contributed by atoms with Crippen molar-refractivity contribution in [3.8, 4) is 39.1 Å². The Labute approximate surface area is 344 Å². The Morgan fingerprint density at radius 3 is 1.76 bits per heavy atom. The quantitative estimate of drug-likeness (QED) is 0.158. The number of aromatic nitrogens is 1. The molecule has 10 aromatic carbocycles. The highest BCUT2D eigenvalue weighted by atomic mass is 15.0. The first-order valence-corrected chi connectivity index (χ1v) is 20.9. The lowest BCUT2D eigenvalue weighted by molar-refractivity contribution is 0.516.